The number of nitrogens with zero attached hydrogens (tertiary/aromatic N) is 1. The fourth-order valence-corrected chi connectivity index (χ4v) is 2.33. The second-order valence-corrected chi connectivity index (χ2v) is 5.09. The summed E-state index contributed by atoms with van der Waals surface area (Å²) in [6, 6.07) is 5.35. The van der Waals surface area contributed by atoms with Crippen molar-refractivity contribution < 1.29 is 9.90 Å². The number of carbonyl (C=O) groups excluding carboxylic acids is 1. The van der Waals surface area contributed by atoms with Crippen LogP contribution in [0.15, 0.2) is 18.2 Å². The predicted molar refractivity (Wildman–Crippen MR) is 62.5 cm³/mol. The Morgan fingerprint density at radius 2 is 2.27 bits per heavy atom. The van der Waals surface area contributed by atoms with Gasteiger partial charge in [-0.05, 0) is 24.6 Å². The smallest absolute Gasteiger partial charge is 0.228 e. The molecule has 3 nitrogen and oxygen atoms in total. The van der Waals surface area contributed by atoms with Crippen LogP contribution in [0.4, 0.5) is 5.69 Å². The van der Waals surface area contributed by atoms with E-state index in [-0.39, 0.29) is 16.5 Å². The van der Waals surface area contributed by atoms with Gasteiger partial charge in [0, 0.05) is 17.8 Å². The Labute approximate surface area is 96.8 Å². The first-order valence-corrected chi connectivity index (χ1v) is 5.73. The number of hydrogen-bond acceptors (Lipinski definition) is 2. The highest BCUT2D eigenvalue weighted by atomic mass is 79.9. The van der Waals surface area contributed by atoms with Crippen molar-refractivity contribution in [3.05, 3.63) is 23.8 Å². The van der Waals surface area contributed by atoms with Gasteiger partial charge < -0.3 is 10.0 Å². The molecule has 1 heterocycles. The number of alkyl halides is 1. The summed E-state index contributed by atoms with van der Waals surface area (Å²) in [5, 5.41) is 9.75. The average molecular weight is 270 g/mol. The molecule has 1 aromatic rings. The molecule has 1 amide bonds. The summed E-state index contributed by atoms with van der Waals surface area (Å²) in [5.41, 5.74) is 1.59. The molecule has 2 rings (SSSR count). The number of hydrogen-bond donors (Lipinski definition) is 1. The normalized spacial score (nSPS) is 21.1. The van der Waals surface area contributed by atoms with Crippen molar-refractivity contribution in [2.24, 2.45) is 0 Å². The molecule has 1 N–H and O–H groups in total. The van der Waals surface area contributed by atoms with Crippen molar-refractivity contribution in [3.63, 3.8) is 0 Å². The zero-order chi connectivity index (χ0) is 11.0. The van der Waals surface area contributed by atoms with Gasteiger partial charge in [0.25, 0.3) is 0 Å². The maximum absolute atomic E-state index is 11.6. The lowest BCUT2D eigenvalue weighted by atomic mass is 10.2. The van der Waals surface area contributed by atoms with E-state index < -0.39 is 0 Å². The Kier molecular flexibility index (Phi) is 2.69. The van der Waals surface area contributed by atoms with E-state index in [1.807, 2.05) is 13.0 Å². The van der Waals surface area contributed by atoms with Gasteiger partial charge in [0.05, 0.1) is 5.69 Å². The standard InChI is InChI=1S/C11H12BrNO2/c1-7-2-3-9(10(14)4-7)13-6-8(12)5-11(13)15/h2-4,8,14H,5-6H2,1H3. The predicted octanol–water partition coefficient (Wildman–Crippen LogP) is 2.20. The summed E-state index contributed by atoms with van der Waals surface area (Å²) in [7, 11) is 0. The third-order valence-electron chi connectivity index (χ3n) is 2.50. The second-order valence-electron chi connectivity index (χ2n) is 3.80. The monoisotopic (exact) mass is 269 g/mol. The Morgan fingerprint density at radius 3 is 2.80 bits per heavy atom. The van der Waals surface area contributed by atoms with Gasteiger partial charge in [-0.15, -0.1) is 0 Å². The number of benzene rings is 1. The van der Waals surface area contributed by atoms with E-state index in [4.69, 9.17) is 0 Å². The molecule has 0 aromatic heterocycles. The molecule has 1 aliphatic rings. The van der Waals surface area contributed by atoms with E-state index in [2.05, 4.69) is 15.9 Å². The first kappa shape index (κ1) is 10.5. The summed E-state index contributed by atoms with van der Waals surface area (Å²) in [5.74, 6) is 0.223. The minimum Gasteiger partial charge on any atom is -0.506 e. The van der Waals surface area contributed by atoms with Gasteiger partial charge in [-0.3, -0.25) is 4.79 Å². The molecule has 0 spiro atoms. The summed E-state index contributed by atoms with van der Waals surface area (Å²) in [4.78, 5) is 13.4. The van der Waals surface area contributed by atoms with Crippen LogP contribution in [-0.4, -0.2) is 22.4 Å². The van der Waals surface area contributed by atoms with Crippen molar-refractivity contribution in [3.8, 4) is 5.75 Å². The molecule has 1 atom stereocenters. The van der Waals surface area contributed by atoms with Crippen LogP contribution in [0.2, 0.25) is 0 Å². The van der Waals surface area contributed by atoms with Gasteiger partial charge in [0.15, 0.2) is 0 Å². The Balaban J connectivity index is 2.34. The van der Waals surface area contributed by atoms with E-state index in [0.717, 1.165) is 5.56 Å². The number of rotatable bonds is 1. The number of amides is 1. The van der Waals surface area contributed by atoms with Gasteiger partial charge in [-0.25, -0.2) is 0 Å². The molecule has 1 saturated heterocycles. The van der Waals surface area contributed by atoms with Crippen molar-refractivity contribution in [1.29, 1.82) is 0 Å². The Bertz CT molecular complexity index is 406. The zero-order valence-corrected chi connectivity index (χ0v) is 9.99. The van der Waals surface area contributed by atoms with Crippen molar-refractivity contribution in [2.45, 2.75) is 18.2 Å². The van der Waals surface area contributed by atoms with Gasteiger partial charge in [0.1, 0.15) is 5.75 Å². The van der Waals surface area contributed by atoms with E-state index >= 15 is 0 Å². The summed E-state index contributed by atoms with van der Waals surface area (Å²) >= 11 is 3.41. The largest absolute Gasteiger partial charge is 0.506 e. The summed E-state index contributed by atoms with van der Waals surface area (Å²) in [6.07, 6.45) is 0.493. The quantitative estimate of drug-likeness (QED) is 0.795. The Morgan fingerprint density at radius 1 is 1.53 bits per heavy atom. The fraction of sp³-hybridized carbons (Fsp3) is 0.364. The van der Waals surface area contributed by atoms with Crippen molar-refractivity contribution >= 4 is 27.5 Å². The number of phenolic OH excluding ortho intramolecular Hbond substituents is 1. The lowest BCUT2D eigenvalue weighted by molar-refractivity contribution is -0.117. The molecule has 0 saturated carbocycles. The third kappa shape index (κ3) is 2.00. The van der Waals surface area contributed by atoms with E-state index in [1.54, 1.807) is 17.0 Å². The molecule has 1 fully saturated rings. The molecule has 0 radical (unpaired) electrons. The van der Waals surface area contributed by atoms with E-state index in [0.29, 0.717) is 18.7 Å². The zero-order valence-electron chi connectivity index (χ0n) is 8.40. The van der Waals surface area contributed by atoms with Crippen LogP contribution in [0, 0.1) is 6.92 Å². The number of aromatic hydroxyl groups is 1. The maximum Gasteiger partial charge on any atom is 0.228 e. The minimum absolute atomic E-state index is 0.0519. The molecule has 15 heavy (non-hydrogen) atoms. The summed E-state index contributed by atoms with van der Waals surface area (Å²) in [6.45, 7) is 2.53. The van der Waals surface area contributed by atoms with E-state index in [9.17, 15) is 9.90 Å². The number of anilines is 1. The molecule has 1 aromatic carbocycles. The van der Waals surface area contributed by atoms with Crippen LogP contribution in [0.5, 0.6) is 5.75 Å². The van der Waals surface area contributed by atoms with Gasteiger partial charge >= 0.3 is 0 Å². The fourth-order valence-electron chi connectivity index (χ4n) is 1.76. The molecule has 80 valence electrons. The highest BCUT2D eigenvalue weighted by Gasteiger charge is 2.30. The van der Waals surface area contributed by atoms with Gasteiger partial charge in [0.2, 0.25) is 5.91 Å². The van der Waals surface area contributed by atoms with Crippen LogP contribution in [0.1, 0.15) is 12.0 Å². The van der Waals surface area contributed by atoms with E-state index in [1.165, 1.54) is 0 Å². The van der Waals surface area contributed by atoms with Crippen molar-refractivity contribution in [2.75, 3.05) is 11.4 Å². The van der Waals surface area contributed by atoms with Crippen LogP contribution in [0.3, 0.4) is 0 Å². The molecule has 1 aliphatic heterocycles. The first-order chi connectivity index (χ1) is 7.08. The third-order valence-corrected chi connectivity index (χ3v) is 3.11. The van der Waals surface area contributed by atoms with Crippen LogP contribution in [0.25, 0.3) is 0 Å². The van der Waals surface area contributed by atoms with Crippen LogP contribution >= 0.6 is 15.9 Å². The molecule has 0 aliphatic carbocycles. The van der Waals surface area contributed by atoms with Crippen LogP contribution in [-0.2, 0) is 4.79 Å². The SMILES string of the molecule is Cc1ccc(N2CC(Br)CC2=O)c(O)c1. The minimum atomic E-state index is 0.0519. The Hall–Kier alpha value is -1.03. The number of halogens is 1. The highest BCUT2D eigenvalue weighted by Crippen LogP contribution is 2.32. The second kappa shape index (κ2) is 3.85. The topological polar surface area (TPSA) is 40.5 Å². The molecule has 1 unspecified atom stereocenters. The molecule has 4 heteroatoms. The molecule has 0 bridgehead atoms. The van der Waals surface area contributed by atoms with Gasteiger partial charge in [-0.1, -0.05) is 22.0 Å². The average Bonchev–Trinajstić information content (AvgIpc) is 2.45. The molecular weight excluding hydrogens is 258 g/mol. The van der Waals surface area contributed by atoms with Gasteiger partial charge in [-0.2, -0.15) is 0 Å². The number of aryl methyl sites for hydroxylation is 1. The maximum atomic E-state index is 11.6. The number of phenols is 1. The summed E-state index contributed by atoms with van der Waals surface area (Å²) < 4.78 is 0. The lowest BCUT2D eigenvalue weighted by Gasteiger charge is -2.17. The van der Waals surface area contributed by atoms with Crippen molar-refractivity contribution in [1.82, 2.24) is 0 Å². The molecular formula is C11H12BrNO2. The highest BCUT2D eigenvalue weighted by molar-refractivity contribution is 9.09. The van der Waals surface area contributed by atoms with Crippen LogP contribution < -0.4 is 4.90 Å². The first-order valence-electron chi connectivity index (χ1n) is 4.82. The lowest BCUT2D eigenvalue weighted by Crippen LogP contribution is -2.24. The number of carbonyl (C=O) groups is 1.